The van der Waals surface area contributed by atoms with Crippen molar-refractivity contribution in [1.82, 2.24) is 25.3 Å². The lowest BCUT2D eigenvalue weighted by atomic mass is 10.3. The van der Waals surface area contributed by atoms with Crippen LogP contribution in [0.15, 0.2) is 27.2 Å². The summed E-state index contributed by atoms with van der Waals surface area (Å²) < 4.78 is 5.03. The van der Waals surface area contributed by atoms with E-state index < -0.39 is 0 Å². The van der Waals surface area contributed by atoms with Crippen LogP contribution < -0.4 is 0 Å². The third kappa shape index (κ3) is 3.21. The van der Waals surface area contributed by atoms with Gasteiger partial charge in [-0.2, -0.15) is 4.98 Å². The fourth-order valence-electron chi connectivity index (χ4n) is 1.52. The number of hydrogen-bond donors (Lipinski definition) is 1. The number of thioether (sulfide) groups is 1. The van der Waals surface area contributed by atoms with Crippen molar-refractivity contribution < 1.29 is 4.52 Å². The summed E-state index contributed by atoms with van der Waals surface area (Å²) in [5, 5.41) is 13.6. The first-order chi connectivity index (χ1) is 9.29. The summed E-state index contributed by atoms with van der Waals surface area (Å²) in [6, 6.07) is 4.12. The van der Waals surface area contributed by atoms with Crippen molar-refractivity contribution >= 4 is 23.1 Å². The Balaban J connectivity index is 1.59. The molecule has 3 aromatic rings. The number of aryl methyl sites for hydroxylation is 1. The van der Waals surface area contributed by atoms with Crippen molar-refractivity contribution in [3.05, 3.63) is 39.9 Å². The molecule has 19 heavy (non-hydrogen) atoms. The molecule has 1 N–H and O–H groups in total. The second kappa shape index (κ2) is 5.54. The van der Waals surface area contributed by atoms with Crippen molar-refractivity contribution in [3.8, 4) is 0 Å². The molecule has 0 saturated carbocycles. The Morgan fingerprint density at radius 1 is 1.42 bits per heavy atom. The van der Waals surface area contributed by atoms with E-state index >= 15 is 0 Å². The lowest BCUT2D eigenvalue weighted by Gasteiger charge is -1.91. The van der Waals surface area contributed by atoms with E-state index in [9.17, 15) is 0 Å². The van der Waals surface area contributed by atoms with E-state index in [1.807, 2.05) is 6.07 Å². The van der Waals surface area contributed by atoms with E-state index in [-0.39, 0.29) is 0 Å². The molecule has 0 aromatic carbocycles. The molecule has 0 saturated heterocycles. The van der Waals surface area contributed by atoms with Gasteiger partial charge in [-0.25, -0.2) is 4.98 Å². The Hall–Kier alpha value is -1.67. The number of H-pyrrole nitrogens is 1. The summed E-state index contributed by atoms with van der Waals surface area (Å²) >= 11 is 3.19. The molecule has 0 atom stereocenters. The fraction of sp³-hybridized carbons (Fsp3) is 0.273. The number of nitrogens with one attached hydrogen (secondary N) is 1. The molecule has 0 fully saturated rings. The minimum absolute atomic E-state index is 0.580. The van der Waals surface area contributed by atoms with Gasteiger partial charge in [-0.1, -0.05) is 23.0 Å². The Bertz CT molecular complexity index is 646. The second-order valence-electron chi connectivity index (χ2n) is 3.84. The molecule has 0 aliphatic rings. The molecule has 3 heterocycles. The number of rotatable bonds is 5. The molecular weight excluding hydrogens is 282 g/mol. The Kier molecular flexibility index (Phi) is 3.60. The van der Waals surface area contributed by atoms with Crippen molar-refractivity contribution in [2.24, 2.45) is 0 Å². The SMILES string of the molecule is Cc1noc(CSc2n[nH]c(Cc3cccs3)n2)n1. The van der Waals surface area contributed by atoms with Crippen LogP contribution in [0.2, 0.25) is 0 Å². The molecule has 0 amide bonds. The molecule has 98 valence electrons. The second-order valence-corrected chi connectivity index (χ2v) is 5.82. The van der Waals surface area contributed by atoms with Crippen LogP contribution in [0.5, 0.6) is 0 Å². The molecule has 3 aromatic heterocycles. The van der Waals surface area contributed by atoms with E-state index in [1.165, 1.54) is 16.6 Å². The van der Waals surface area contributed by atoms with Crippen LogP contribution >= 0.6 is 23.1 Å². The maximum atomic E-state index is 5.03. The van der Waals surface area contributed by atoms with Crippen LogP contribution in [0.1, 0.15) is 22.4 Å². The van der Waals surface area contributed by atoms with Gasteiger partial charge in [-0.05, 0) is 18.4 Å². The maximum Gasteiger partial charge on any atom is 0.237 e. The standard InChI is InChI=1S/C11H11N5OS2/c1-7-12-10(17-16-7)6-19-11-13-9(14-15-11)5-8-3-2-4-18-8/h2-4H,5-6H2,1H3,(H,13,14,15). The molecule has 0 aliphatic carbocycles. The summed E-state index contributed by atoms with van der Waals surface area (Å²) in [6.07, 6.45) is 0.783. The van der Waals surface area contributed by atoms with Crippen molar-refractivity contribution in [2.45, 2.75) is 24.3 Å². The molecule has 0 aliphatic heterocycles. The highest BCUT2D eigenvalue weighted by Crippen LogP contribution is 2.19. The van der Waals surface area contributed by atoms with Gasteiger partial charge in [0, 0.05) is 11.3 Å². The van der Waals surface area contributed by atoms with Crippen molar-refractivity contribution in [1.29, 1.82) is 0 Å². The minimum atomic E-state index is 0.580. The zero-order valence-electron chi connectivity index (χ0n) is 10.2. The zero-order valence-corrected chi connectivity index (χ0v) is 11.8. The first kappa shape index (κ1) is 12.4. The summed E-state index contributed by atoms with van der Waals surface area (Å²) in [4.78, 5) is 9.81. The minimum Gasteiger partial charge on any atom is -0.338 e. The predicted molar refractivity (Wildman–Crippen MR) is 72.1 cm³/mol. The monoisotopic (exact) mass is 293 g/mol. The van der Waals surface area contributed by atoms with Gasteiger partial charge >= 0.3 is 0 Å². The van der Waals surface area contributed by atoms with Crippen LogP contribution in [0.25, 0.3) is 0 Å². The number of nitrogens with zero attached hydrogens (tertiary/aromatic N) is 4. The maximum absolute atomic E-state index is 5.03. The van der Waals surface area contributed by atoms with Gasteiger partial charge in [0.1, 0.15) is 5.82 Å². The van der Waals surface area contributed by atoms with Crippen molar-refractivity contribution in [3.63, 3.8) is 0 Å². The highest BCUT2D eigenvalue weighted by Gasteiger charge is 2.08. The zero-order chi connectivity index (χ0) is 13.1. The molecule has 0 bridgehead atoms. The first-order valence-electron chi connectivity index (χ1n) is 5.65. The number of thiophene rings is 1. The van der Waals surface area contributed by atoms with Crippen LogP contribution in [0.4, 0.5) is 0 Å². The van der Waals surface area contributed by atoms with E-state index in [4.69, 9.17) is 4.52 Å². The van der Waals surface area contributed by atoms with Gasteiger partial charge in [0.25, 0.3) is 0 Å². The van der Waals surface area contributed by atoms with Crippen LogP contribution in [0, 0.1) is 6.92 Å². The number of hydrogen-bond acceptors (Lipinski definition) is 7. The molecular formula is C11H11N5OS2. The smallest absolute Gasteiger partial charge is 0.237 e. The van der Waals surface area contributed by atoms with E-state index in [2.05, 4.69) is 36.8 Å². The number of aromatic amines is 1. The van der Waals surface area contributed by atoms with Gasteiger partial charge in [-0.15, -0.1) is 16.4 Å². The fourth-order valence-corrected chi connectivity index (χ4v) is 2.89. The van der Waals surface area contributed by atoms with Gasteiger partial charge in [0.05, 0.1) is 5.75 Å². The van der Waals surface area contributed by atoms with Crippen LogP contribution in [-0.2, 0) is 12.2 Å². The van der Waals surface area contributed by atoms with Crippen LogP contribution in [0.3, 0.4) is 0 Å². The Morgan fingerprint density at radius 2 is 2.37 bits per heavy atom. The lowest BCUT2D eigenvalue weighted by Crippen LogP contribution is -1.87. The molecule has 0 unspecified atom stereocenters. The lowest BCUT2D eigenvalue weighted by molar-refractivity contribution is 0.387. The van der Waals surface area contributed by atoms with Gasteiger partial charge in [-0.3, -0.25) is 5.10 Å². The quantitative estimate of drug-likeness (QED) is 0.728. The molecule has 0 radical (unpaired) electrons. The van der Waals surface area contributed by atoms with Gasteiger partial charge in [0.15, 0.2) is 5.82 Å². The third-order valence-electron chi connectivity index (χ3n) is 2.33. The average molecular weight is 293 g/mol. The molecule has 6 nitrogen and oxygen atoms in total. The molecule has 0 spiro atoms. The van der Waals surface area contributed by atoms with E-state index in [0.717, 1.165) is 12.2 Å². The Labute approximate surface area is 117 Å². The third-order valence-corrected chi connectivity index (χ3v) is 4.04. The predicted octanol–water partition coefficient (Wildman–Crippen LogP) is 2.44. The average Bonchev–Trinajstić information content (AvgIpc) is 3.10. The van der Waals surface area contributed by atoms with Crippen LogP contribution in [-0.4, -0.2) is 25.3 Å². The molecule has 3 rings (SSSR count). The Morgan fingerprint density at radius 3 is 3.11 bits per heavy atom. The summed E-state index contributed by atoms with van der Waals surface area (Å²) in [5.41, 5.74) is 0. The molecule has 8 heteroatoms. The first-order valence-corrected chi connectivity index (χ1v) is 7.52. The summed E-state index contributed by atoms with van der Waals surface area (Å²) in [6.45, 7) is 1.80. The summed E-state index contributed by atoms with van der Waals surface area (Å²) in [7, 11) is 0. The topological polar surface area (TPSA) is 80.5 Å². The van der Waals surface area contributed by atoms with Crippen molar-refractivity contribution in [2.75, 3.05) is 0 Å². The largest absolute Gasteiger partial charge is 0.338 e. The van der Waals surface area contributed by atoms with E-state index in [0.29, 0.717) is 22.6 Å². The van der Waals surface area contributed by atoms with Gasteiger partial charge in [0.2, 0.25) is 11.0 Å². The summed E-state index contributed by atoms with van der Waals surface area (Å²) in [5.74, 6) is 2.68. The highest BCUT2D eigenvalue weighted by molar-refractivity contribution is 7.98. The number of aromatic nitrogens is 5. The normalized spacial score (nSPS) is 11.0. The van der Waals surface area contributed by atoms with E-state index in [1.54, 1.807) is 18.3 Å². The highest BCUT2D eigenvalue weighted by atomic mass is 32.2. The van der Waals surface area contributed by atoms with Gasteiger partial charge < -0.3 is 4.52 Å².